The van der Waals surface area contributed by atoms with Crippen molar-refractivity contribution in [2.24, 2.45) is 0 Å². The fourth-order valence-electron chi connectivity index (χ4n) is 1.59. The molecular weight excluding hydrogens is 410 g/mol. The molecule has 108 valence electrons. The number of halogens is 2. The Morgan fingerprint density at radius 3 is 2.29 bits per heavy atom. The summed E-state index contributed by atoms with van der Waals surface area (Å²) < 4.78 is 6.24. The Labute approximate surface area is 135 Å². The van der Waals surface area contributed by atoms with Gasteiger partial charge in [0.25, 0.3) is 5.69 Å². The van der Waals surface area contributed by atoms with Crippen molar-refractivity contribution in [3.05, 3.63) is 61.0 Å². The first-order valence-electron chi connectivity index (χ1n) is 5.53. The predicted molar refractivity (Wildman–Crippen MR) is 82.0 cm³/mol. The molecule has 2 rings (SSSR count). The zero-order valence-corrected chi connectivity index (χ0v) is 13.4. The molecule has 0 fully saturated rings. The lowest BCUT2D eigenvalue weighted by molar-refractivity contribution is -0.385. The average molecular weight is 417 g/mol. The maximum atomic E-state index is 11.1. The molecule has 0 bridgehead atoms. The molecule has 0 saturated heterocycles. The maximum absolute atomic E-state index is 11.1. The fraction of sp³-hybridized carbons (Fsp3) is 0. The van der Waals surface area contributed by atoms with Gasteiger partial charge in [-0.2, -0.15) is 0 Å². The lowest BCUT2D eigenvalue weighted by atomic mass is 10.2. The van der Waals surface area contributed by atoms with Gasteiger partial charge in [0.05, 0.1) is 13.9 Å². The van der Waals surface area contributed by atoms with Crippen LogP contribution in [0.2, 0.25) is 0 Å². The Morgan fingerprint density at radius 2 is 1.76 bits per heavy atom. The summed E-state index contributed by atoms with van der Waals surface area (Å²) in [6.45, 7) is 0. The number of ether oxygens (including phenoxy) is 1. The number of carboxylic acid groups (broad SMARTS) is 1. The van der Waals surface area contributed by atoms with E-state index >= 15 is 0 Å². The average Bonchev–Trinajstić information content (AvgIpc) is 2.42. The number of hydrogen-bond donors (Lipinski definition) is 1. The first-order chi connectivity index (χ1) is 9.90. The van der Waals surface area contributed by atoms with Crippen LogP contribution >= 0.6 is 31.9 Å². The van der Waals surface area contributed by atoms with Crippen LogP contribution in [0.3, 0.4) is 0 Å². The highest BCUT2D eigenvalue weighted by molar-refractivity contribution is 9.11. The van der Waals surface area contributed by atoms with Crippen LogP contribution in [-0.4, -0.2) is 16.0 Å². The smallest absolute Gasteiger partial charge is 0.339 e. The molecule has 0 aliphatic carbocycles. The van der Waals surface area contributed by atoms with Gasteiger partial charge in [-0.25, -0.2) is 4.79 Å². The second-order valence-corrected chi connectivity index (χ2v) is 5.61. The molecule has 2 aromatic rings. The van der Waals surface area contributed by atoms with E-state index in [1.54, 1.807) is 12.1 Å². The van der Waals surface area contributed by atoms with Gasteiger partial charge < -0.3 is 9.84 Å². The predicted octanol–water partition coefficient (Wildman–Crippen LogP) is 4.61. The number of nitro benzene ring substituents is 1. The summed E-state index contributed by atoms with van der Waals surface area (Å²) in [6, 6.07) is 8.69. The fourth-order valence-corrected chi connectivity index (χ4v) is 2.92. The van der Waals surface area contributed by atoms with E-state index in [0.29, 0.717) is 8.95 Å². The largest absolute Gasteiger partial charge is 0.478 e. The van der Waals surface area contributed by atoms with E-state index in [-0.39, 0.29) is 22.7 Å². The van der Waals surface area contributed by atoms with Crippen LogP contribution in [0.15, 0.2) is 45.3 Å². The molecule has 0 heterocycles. The normalized spacial score (nSPS) is 10.2. The van der Waals surface area contributed by atoms with E-state index in [2.05, 4.69) is 31.9 Å². The summed E-state index contributed by atoms with van der Waals surface area (Å²) >= 11 is 6.36. The number of hydrogen-bond acceptors (Lipinski definition) is 4. The second kappa shape index (κ2) is 6.23. The minimum atomic E-state index is -1.13. The molecule has 0 radical (unpaired) electrons. The van der Waals surface area contributed by atoms with Gasteiger partial charge in [0.15, 0.2) is 5.75 Å². The summed E-state index contributed by atoms with van der Waals surface area (Å²) in [7, 11) is 0. The van der Waals surface area contributed by atoms with Gasteiger partial charge >= 0.3 is 5.97 Å². The van der Waals surface area contributed by atoms with Crippen LogP contribution in [-0.2, 0) is 0 Å². The third-order valence-corrected chi connectivity index (χ3v) is 3.70. The molecule has 6 nitrogen and oxygen atoms in total. The molecule has 21 heavy (non-hydrogen) atoms. The van der Waals surface area contributed by atoms with E-state index < -0.39 is 10.9 Å². The van der Waals surface area contributed by atoms with Crippen molar-refractivity contribution in [1.29, 1.82) is 0 Å². The minimum Gasteiger partial charge on any atom is -0.478 e. The van der Waals surface area contributed by atoms with E-state index in [1.165, 1.54) is 24.3 Å². The van der Waals surface area contributed by atoms with Crippen molar-refractivity contribution in [1.82, 2.24) is 0 Å². The van der Waals surface area contributed by atoms with E-state index in [1.807, 2.05) is 0 Å². The molecule has 0 aliphatic rings. The molecule has 0 atom stereocenters. The zero-order chi connectivity index (χ0) is 15.6. The van der Waals surface area contributed by atoms with Gasteiger partial charge in [0.2, 0.25) is 0 Å². The number of carbonyl (C=O) groups is 1. The summed E-state index contributed by atoms with van der Waals surface area (Å²) in [4.78, 5) is 21.4. The highest BCUT2D eigenvalue weighted by atomic mass is 79.9. The first-order valence-corrected chi connectivity index (χ1v) is 7.12. The summed E-state index contributed by atoms with van der Waals surface area (Å²) in [5.74, 6) is -0.727. The van der Waals surface area contributed by atoms with Gasteiger partial charge in [-0.15, -0.1) is 0 Å². The summed E-state index contributed by atoms with van der Waals surface area (Å²) in [5.41, 5.74) is -0.123. The van der Waals surface area contributed by atoms with Crippen molar-refractivity contribution >= 4 is 43.5 Å². The number of carboxylic acids is 1. The molecule has 0 aromatic heterocycles. The number of rotatable bonds is 4. The lowest BCUT2D eigenvalue weighted by Crippen LogP contribution is -2.00. The molecule has 0 amide bonds. The topological polar surface area (TPSA) is 89.7 Å². The van der Waals surface area contributed by atoms with Crippen LogP contribution < -0.4 is 4.74 Å². The van der Waals surface area contributed by atoms with Crippen LogP contribution in [0.1, 0.15) is 10.4 Å². The van der Waals surface area contributed by atoms with Crippen LogP contribution in [0.5, 0.6) is 11.5 Å². The molecule has 0 spiro atoms. The quantitative estimate of drug-likeness (QED) is 0.580. The Morgan fingerprint density at radius 1 is 1.19 bits per heavy atom. The van der Waals surface area contributed by atoms with Gasteiger partial charge in [-0.1, -0.05) is 12.1 Å². The monoisotopic (exact) mass is 415 g/mol. The Balaban J connectivity index is 2.46. The van der Waals surface area contributed by atoms with Crippen molar-refractivity contribution < 1.29 is 19.6 Å². The Kier molecular flexibility index (Phi) is 4.59. The number of para-hydroxylation sites is 1. The van der Waals surface area contributed by atoms with Crippen LogP contribution in [0.25, 0.3) is 0 Å². The zero-order valence-electron chi connectivity index (χ0n) is 10.2. The van der Waals surface area contributed by atoms with Crippen molar-refractivity contribution in [3.63, 3.8) is 0 Å². The highest BCUT2D eigenvalue weighted by Crippen LogP contribution is 2.40. The SMILES string of the molecule is O=C(O)c1ccccc1Oc1c(Br)cc([N+](=O)[O-])cc1Br. The minimum absolute atomic E-state index is 0.00495. The van der Waals surface area contributed by atoms with Gasteiger partial charge in [-0.3, -0.25) is 10.1 Å². The number of nitro groups is 1. The Hall–Kier alpha value is -1.93. The first kappa shape index (κ1) is 15.5. The van der Waals surface area contributed by atoms with Gasteiger partial charge in [0, 0.05) is 12.1 Å². The van der Waals surface area contributed by atoms with Crippen molar-refractivity contribution in [2.75, 3.05) is 0 Å². The molecule has 0 saturated carbocycles. The van der Waals surface area contributed by atoms with Crippen LogP contribution in [0.4, 0.5) is 5.69 Å². The van der Waals surface area contributed by atoms with Gasteiger partial charge in [0.1, 0.15) is 11.3 Å². The lowest BCUT2D eigenvalue weighted by Gasteiger charge is -2.11. The van der Waals surface area contributed by atoms with Crippen LogP contribution in [0, 0.1) is 10.1 Å². The van der Waals surface area contributed by atoms with Crippen molar-refractivity contribution in [3.8, 4) is 11.5 Å². The maximum Gasteiger partial charge on any atom is 0.339 e. The third-order valence-electron chi connectivity index (χ3n) is 2.52. The highest BCUT2D eigenvalue weighted by Gasteiger charge is 2.18. The number of non-ortho nitro benzene ring substituents is 1. The third kappa shape index (κ3) is 3.40. The number of nitrogens with zero attached hydrogens (tertiary/aromatic N) is 1. The van der Waals surface area contributed by atoms with E-state index in [9.17, 15) is 14.9 Å². The molecule has 8 heteroatoms. The molecule has 2 aromatic carbocycles. The van der Waals surface area contributed by atoms with E-state index in [4.69, 9.17) is 9.84 Å². The molecular formula is C13H7Br2NO5. The number of aromatic carboxylic acids is 1. The molecule has 0 aliphatic heterocycles. The van der Waals surface area contributed by atoms with Gasteiger partial charge in [-0.05, 0) is 44.0 Å². The standard InChI is InChI=1S/C13H7Br2NO5/c14-9-5-7(16(19)20)6-10(15)12(9)21-11-4-2-1-3-8(11)13(17)18/h1-6H,(H,17,18). The summed E-state index contributed by atoms with van der Waals surface area (Å²) in [6.07, 6.45) is 0. The molecule has 1 N–H and O–H groups in total. The molecule has 0 unspecified atom stereocenters. The number of benzene rings is 2. The Bertz CT molecular complexity index is 709. The van der Waals surface area contributed by atoms with Crippen molar-refractivity contribution in [2.45, 2.75) is 0 Å². The summed E-state index contributed by atoms with van der Waals surface area (Å²) in [5, 5.41) is 19.9. The second-order valence-electron chi connectivity index (χ2n) is 3.90. The van der Waals surface area contributed by atoms with E-state index in [0.717, 1.165) is 0 Å².